The summed E-state index contributed by atoms with van der Waals surface area (Å²) < 4.78 is 0. The first-order chi connectivity index (χ1) is 8.96. The highest BCUT2D eigenvalue weighted by atomic mass is 16.1. The number of benzene rings is 1. The lowest BCUT2D eigenvalue weighted by Crippen LogP contribution is -2.31. The predicted octanol–water partition coefficient (Wildman–Crippen LogP) is 3.69. The molecule has 0 aliphatic carbocycles. The van der Waals surface area contributed by atoms with E-state index in [1.54, 1.807) is 0 Å². The zero-order valence-corrected chi connectivity index (χ0v) is 12.4. The molecule has 1 aromatic rings. The van der Waals surface area contributed by atoms with Crippen LogP contribution in [0.3, 0.4) is 0 Å². The lowest BCUT2D eigenvalue weighted by molar-refractivity contribution is 0.0930. The minimum atomic E-state index is 0.250. The molecule has 0 amide bonds. The van der Waals surface area contributed by atoms with Gasteiger partial charge in [0.25, 0.3) is 0 Å². The molecule has 0 spiro atoms. The first-order valence-corrected chi connectivity index (χ1v) is 7.28. The zero-order chi connectivity index (χ0) is 13.9. The summed E-state index contributed by atoms with van der Waals surface area (Å²) in [5, 5.41) is 0. The Hall–Kier alpha value is -1.15. The number of likely N-dealkylation sites (tertiary alicyclic amines) is 1. The Balaban J connectivity index is 1.93. The Labute approximate surface area is 116 Å². The van der Waals surface area contributed by atoms with Crippen molar-refractivity contribution < 1.29 is 4.79 Å². The molecule has 104 valence electrons. The maximum atomic E-state index is 12.3. The zero-order valence-electron chi connectivity index (χ0n) is 12.4. The fourth-order valence-electron chi connectivity index (χ4n) is 2.67. The van der Waals surface area contributed by atoms with Crippen molar-refractivity contribution in [1.29, 1.82) is 0 Å². The molecule has 19 heavy (non-hydrogen) atoms. The molecule has 2 nitrogen and oxygen atoms in total. The Morgan fingerprint density at radius 2 is 1.84 bits per heavy atom. The summed E-state index contributed by atoms with van der Waals surface area (Å²) in [6.45, 7) is 9.38. The van der Waals surface area contributed by atoms with Crippen LogP contribution in [-0.4, -0.2) is 30.3 Å². The van der Waals surface area contributed by atoms with Crippen molar-refractivity contribution >= 4 is 5.78 Å². The van der Waals surface area contributed by atoms with Crippen LogP contribution in [0.15, 0.2) is 24.3 Å². The van der Waals surface area contributed by atoms with Gasteiger partial charge in [-0.3, -0.25) is 9.69 Å². The van der Waals surface area contributed by atoms with Crippen LogP contribution in [0, 0.1) is 12.3 Å². The molecule has 0 unspecified atom stereocenters. The Morgan fingerprint density at radius 1 is 1.16 bits per heavy atom. The number of ketones is 1. The monoisotopic (exact) mass is 259 g/mol. The molecule has 1 aliphatic rings. The van der Waals surface area contributed by atoms with Gasteiger partial charge in [-0.2, -0.15) is 0 Å². The standard InChI is InChI=1S/C17H25NO/c1-14-5-7-15(8-6-14)16(19)13-18-11-4-9-17(2,3)10-12-18/h5-8H,4,9-13H2,1-3H3. The topological polar surface area (TPSA) is 20.3 Å². The lowest BCUT2D eigenvalue weighted by Gasteiger charge is -2.22. The van der Waals surface area contributed by atoms with Gasteiger partial charge >= 0.3 is 0 Å². The summed E-state index contributed by atoms with van der Waals surface area (Å²) in [5.74, 6) is 0.250. The molecule has 0 atom stereocenters. The Bertz CT molecular complexity index is 433. The van der Waals surface area contributed by atoms with Crippen LogP contribution in [0.2, 0.25) is 0 Å². The van der Waals surface area contributed by atoms with Crippen molar-refractivity contribution in [3.63, 3.8) is 0 Å². The van der Waals surface area contributed by atoms with Gasteiger partial charge in [0.1, 0.15) is 0 Å². The van der Waals surface area contributed by atoms with Crippen molar-refractivity contribution in [1.82, 2.24) is 4.90 Å². The van der Waals surface area contributed by atoms with Crippen molar-refractivity contribution in [2.45, 2.75) is 40.0 Å². The average molecular weight is 259 g/mol. The molecule has 1 aromatic carbocycles. The van der Waals surface area contributed by atoms with Crippen molar-refractivity contribution in [2.75, 3.05) is 19.6 Å². The molecule has 0 saturated carbocycles. The fourth-order valence-corrected chi connectivity index (χ4v) is 2.67. The third kappa shape index (κ3) is 4.17. The molecule has 0 radical (unpaired) electrons. The normalized spacial score (nSPS) is 19.9. The van der Waals surface area contributed by atoms with Gasteiger partial charge in [0.2, 0.25) is 0 Å². The fraction of sp³-hybridized carbons (Fsp3) is 0.588. The van der Waals surface area contributed by atoms with Gasteiger partial charge in [-0.05, 0) is 44.7 Å². The Kier molecular flexibility index (Phi) is 4.41. The first-order valence-electron chi connectivity index (χ1n) is 7.28. The van der Waals surface area contributed by atoms with E-state index in [9.17, 15) is 4.79 Å². The number of rotatable bonds is 3. The third-order valence-electron chi connectivity index (χ3n) is 4.17. The summed E-state index contributed by atoms with van der Waals surface area (Å²) >= 11 is 0. The second-order valence-corrected chi connectivity index (χ2v) is 6.58. The van der Waals surface area contributed by atoms with Crippen LogP contribution in [-0.2, 0) is 0 Å². The van der Waals surface area contributed by atoms with Gasteiger partial charge in [0.05, 0.1) is 6.54 Å². The first kappa shape index (κ1) is 14.3. The number of hydrogen-bond donors (Lipinski definition) is 0. The summed E-state index contributed by atoms with van der Waals surface area (Å²) in [6.07, 6.45) is 3.66. The third-order valence-corrected chi connectivity index (χ3v) is 4.17. The predicted molar refractivity (Wildman–Crippen MR) is 79.6 cm³/mol. The highest BCUT2D eigenvalue weighted by molar-refractivity contribution is 5.97. The minimum absolute atomic E-state index is 0.250. The molecule has 2 heteroatoms. The van der Waals surface area contributed by atoms with Crippen LogP contribution in [0.4, 0.5) is 0 Å². The molecular weight excluding hydrogens is 234 g/mol. The van der Waals surface area contributed by atoms with E-state index in [0.717, 1.165) is 18.7 Å². The van der Waals surface area contributed by atoms with Crippen molar-refractivity contribution in [3.8, 4) is 0 Å². The minimum Gasteiger partial charge on any atom is -0.296 e. The SMILES string of the molecule is Cc1ccc(C(=O)CN2CCCC(C)(C)CC2)cc1. The van der Waals surface area contributed by atoms with Crippen LogP contribution < -0.4 is 0 Å². The summed E-state index contributed by atoms with van der Waals surface area (Å²) in [7, 11) is 0. The lowest BCUT2D eigenvalue weighted by atomic mass is 9.85. The van der Waals surface area contributed by atoms with Crippen LogP contribution >= 0.6 is 0 Å². The number of hydrogen-bond acceptors (Lipinski definition) is 2. The highest BCUT2D eigenvalue weighted by Gasteiger charge is 2.24. The van der Waals surface area contributed by atoms with E-state index >= 15 is 0 Å². The quantitative estimate of drug-likeness (QED) is 0.772. The van der Waals surface area contributed by atoms with Gasteiger partial charge in [-0.25, -0.2) is 0 Å². The summed E-state index contributed by atoms with van der Waals surface area (Å²) in [5.41, 5.74) is 2.48. The maximum Gasteiger partial charge on any atom is 0.176 e. The molecular formula is C17H25NO. The molecule has 1 heterocycles. The molecule has 0 N–H and O–H groups in total. The van der Waals surface area contributed by atoms with E-state index in [1.165, 1.54) is 24.8 Å². The van der Waals surface area contributed by atoms with Gasteiger partial charge in [-0.15, -0.1) is 0 Å². The summed E-state index contributed by atoms with van der Waals surface area (Å²) in [4.78, 5) is 14.6. The van der Waals surface area contributed by atoms with Crippen LogP contribution in [0.25, 0.3) is 0 Å². The van der Waals surface area contributed by atoms with E-state index in [4.69, 9.17) is 0 Å². The number of aryl methyl sites for hydroxylation is 1. The molecule has 1 saturated heterocycles. The summed E-state index contributed by atoms with van der Waals surface area (Å²) in [6, 6.07) is 7.91. The van der Waals surface area contributed by atoms with Gasteiger partial charge in [-0.1, -0.05) is 43.7 Å². The Morgan fingerprint density at radius 3 is 2.53 bits per heavy atom. The highest BCUT2D eigenvalue weighted by Crippen LogP contribution is 2.29. The number of carbonyl (C=O) groups excluding carboxylic acids is 1. The number of nitrogens with zero attached hydrogens (tertiary/aromatic N) is 1. The van der Waals surface area contributed by atoms with Crippen LogP contribution in [0.1, 0.15) is 49.0 Å². The molecule has 2 rings (SSSR count). The average Bonchev–Trinajstić information content (AvgIpc) is 2.52. The van der Waals surface area contributed by atoms with E-state index in [0.29, 0.717) is 12.0 Å². The smallest absolute Gasteiger partial charge is 0.176 e. The number of carbonyl (C=O) groups is 1. The van der Waals surface area contributed by atoms with E-state index < -0.39 is 0 Å². The van der Waals surface area contributed by atoms with E-state index in [1.807, 2.05) is 31.2 Å². The van der Waals surface area contributed by atoms with Crippen LogP contribution in [0.5, 0.6) is 0 Å². The largest absolute Gasteiger partial charge is 0.296 e. The second-order valence-electron chi connectivity index (χ2n) is 6.58. The molecule has 0 aromatic heterocycles. The number of Topliss-reactive ketones (excluding diaryl/α,β-unsaturated/α-hetero) is 1. The molecule has 1 fully saturated rings. The van der Waals surface area contributed by atoms with E-state index in [2.05, 4.69) is 18.7 Å². The second kappa shape index (κ2) is 5.87. The van der Waals surface area contributed by atoms with E-state index in [-0.39, 0.29) is 5.78 Å². The molecule has 0 bridgehead atoms. The van der Waals surface area contributed by atoms with Gasteiger partial charge in [0, 0.05) is 5.56 Å². The molecule has 1 aliphatic heterocycles. The van der Waals surface area contributed by atoms with Crippen molar-refractivity contribution in [3.05, 3.63) is 35.4 Å². The maximum absolute atomic E-state index is 12.3. The van der Waals surface area contributed by atoms with Gasteiger partial charge in [0.15, 0.2) is 5.78 Å². The van der Waals surface area contributed by atoms with Gasteiger partial charge < -0.3 is 0 Å². The van der Waals surface area contributed by atoms with Crippen molar-refractivity contribution in [2.24, 2.45) is 5.41 Å².